The Hall–Kier alpha value is -2.22. The minimum absolute atomic E-state index is 0.223. The minimum Gasteiger partial charge on any atom is -0.356 e. The lowest BCUT2D eigenvalue weighted by atomic mass is 10.0. The average molecular weight is 409 g/mol. The lowest BCUT2D eigenvalue weighted by molar-refractivity contribution is 0.205. The van der Waals surface area contributed by atoms with Gasteiger partial charge in [-0.05, 0) is 74.4 Å². The highest BCUT2D eigenvalue weighted by molar-refractivity contribution is 5.41. The molecule has 2 unspecified atom stereocenters. The third kappa shape index (κ3) is 4.02. The summed E-state index contributed by atoms with van der Waals surface area (Å²) in [5, 5.41) is 0. The van der Waals surface area contributed by atoms with Gasteiger partial charge in [0.25, 0.3) is 0 Å². The minimum atomic E-state index is -0.223. The summed E-state index contributed by atoms with van der Waals surface area (Å²) in [6.45, 7) is 4.96. The van der Waals surface area contributed by atoms with Gasteiger partial charge in [-0.1, -0.05) is 12.1 Å². The first-order chi connectivity index (χ1) is 14.5. The maximum absolute atomic E-state index is 12.7. The van der Waals surface area contributed by atoms with Crippen molar-refractivity contribution in [1.82, 2.24) is 14.5 Å². The van der Waals surface area contributed by atoms with E-state index < -0.39 is 0 Å². The van der Waals surface area contributed by atoms with Crippen molar-refractivity contribution in [3.63, 3.8) is 0 Å². The zero-order chi connectivity index (χ0) is 20.7. The SMILES string of the molecule is NC1CCN(Cc2ccc(-n3ccc(N4CC5CC(N)CC5C4)nc3=O)cc2)CC1. The maximum Gasteiger partial charge on any atom is 0.354 e. The molecular weight excluding hydrogens is 376 g/mol. The fourth-order valence-electron chi connectivity index (χ4n) is 5.43. The van der Waals surface area contributed by atoms with Gasteiger partial charge in [0.1, 0.15) is 5.82 Å². The van der Waals surface area contributed by atoms with E-state index in [0.717, 1.165) is 69.9 Å². The molecule has 3 fully saturated rings. The first-order valence-corrected chi connectivity index (χ1v) is 11.2. The van der Waals surface area contributed by atoms with Crippen LogP contribution in [0.3, 0.4) is 0 Å². The van der Waals surface area contributed by atoms with Crippen LogP contribution in [0.5, 0.6) is 0 Å². The van der Waals surface area contributed by atoms with Crippen molar-refractivity contribution >= 4 is 5.82 Å². The lowest BCUT2D eigenvalue weighted by Gasteiger charge is -2.30. The summed E-state index contributed by atoms with van der Waals surface area (Å²) >= 11 is 0. The van der Waals surface area contributed by atoms with E-state index in [2.05, 4.69) is 26.9 Å². The standard InChI is InChI=1S/C23H32N6O/c24-19-5-8-27(9-6-19)13-16-1-3-21(4-2-16)29-10-7-22(26-23(29)30)28-14-17-11-20(25)12-18(17)15-28/h1-4,7,10,17-20H,5-6,8-9,11-15,24-25H2. The quantitative estimate of drug-likeness (QED) is 0.793. The number of aromatic nitrogens is 2. The fraction of sp³-hybridized carbons (Fsp3) is 0.565. The molecule has 30 heavy (non-hydrogen) atoms. The van der Waals surface area contributed by atoms with Gasteiger partial charge in [0.2, 0.25) is 0 Å². The molecule has 5 rings (SSSR count). The summed E-state index contributed by atoms with van der Waals surface area (Å²) in [6.07, 6.45) is 6.17. The van der Waals surface area contributed by atoms with Gasteiger partial charge >= 0.3 is 5.69 Å². The highest BCUT2D eigenvalue weighted by Crippen LogP contribution is 2.38. The Kier molecular flexibility index (Phi) is 5.35. The van der Waals surface area contributed by atoms with Crippen molar-refractivity contribution in [2.24, 2.45) is 23.3 Å². The van der Waals surface area contributed by atoms with Crippen LogP contribution in [0.4, 0.5) is 5.82 Å². The van der Waals surface area contributed by atoms with Crippen molar-refractivity contribution < 1.29 is 0 Å². The smallest absolute Gasteiger partial charge is 0.354 e. The molecule has 0 spiro atoms. The number of piperidine rings is 1. The first kappa shape index (κ1) is 19.7. The largest absolute Gasteiger partial charge is 0.356 e. The summed E-state index contributed by atoms with van der Waals surface area (Å²) < 4.78 is 1.63. The predicted octanol–water partition coefficient (Wildman–Crippen LogP) is 1.33. The Morgan fingerprint density at radius 1 is 0.933 bits per heavy atom. The first-order valence-electron chi connectivity index (χ1n) is 11.2. The third-order valence-corrected chi connectivity index (χ3v) is 7.15. The zero-order valence-electron chi connectivity index (χ0n) is 17.5. The molecule has 7 heteroatoms. The average Bonchev–Trinajstić information content (AvgIpc) is 3.28. The van der Waals surface area contributed by atoms with Gasteiger partial charge in [0.15, 0.2) is 0 Å². The van der Waals surface area contributed by atoms with Gasteiger partial charge < -0.3 is 16.4 Å². The number of rotatable bonds is 4. The van der Waals surface area contributed by atoms with E-state index in [0.29, 0.717) is 23.9 Å². The topological polar surface area (TPSA) is 93.4 Å². The van der Waals surface area contributed by atoms with Gasteiger partial charge in [-0.2, -0.15) is 4.98 Å². The van der Waals surface area contributed by atoms with E-state index in [-0.39, 0.29) is 5.69 Å². The highest BCUT2D eigenvalue weighted by Gasteiger charge is 2.40. The second kappa shape index (κ2) is 8.13. The Balaban J connectivity index is 1.25. The van der Waals surface area contributed by atoms with Gasteiger partial charge in [-0.3, -0.25) is 9.47 Å². The number of hydrogen-bond acceptors (Lipinski definition) is 6. The number of nitrogens with zero attached hydrogens (tertiary/aromatic N) is 4. The molecule has 160 valence electrons. The monoisotopic (exact) mass is 408 g/mol. The summed E-state index contributed by atoms with van der Waals surface area (Å²) in [7, 11) is 0. The van der Waals surface area contributed by atoms with E-state index in [4.69, 9.17) is 11.5 Å². The molecule has 4 N–H and O–H groups in total. The molecule has 2 aromatic rings. The Morgan fingerprint density at radius 3 is 2.23 bits per heavy atom. The molecule has 0 radical (unpaired) electrons. The summed E-state index contributed by atoms with van der Waals surface area (Å²) in [5.41, 5.74) is 14.0. The summed E-state index contributed by atoms with van der Waals surface area (Å²) in [6, 6.07) is 10.9. The molecule has 0 amide bonds. The van der Waals surface area contributed by atoms with E-state index in [1.165, 1.54) is 5.56 Å². The van der Waals surface area contributed by atoms with Crippen molar-refractivity contribution in [1.29, 1.82) is 0 Å². The molecule has 2 aliphatic heterocycles. The molecular formula is C23H32N6O. The van der Waals surface area contributed by atoms with Crippen LogP contribution in [0, 0.1) is 11.8 Å². The molecule has 2 atom stereocenters. The molecule has 3 aliphatic rings. The van der Waals surface area contributed by atoms with Crippen LogP contribution in [0.25, 0.3) is 5.69 Å². The second-order valence-corrected chi connectivity index (χ2v) is 9.37. The molecule has 7 nitrogen and oxygen atoms in total. The molecule has 0 bridgehead atoms. The van der Waals surface area contributed by atoms with Gasteiger partial charge in [0.05, 0.1) is 5.69 Å². The normalized spacial score (nSPS) is 27.5. The van der Waals surface area contributed by atoms with E-state index in [1.807, 2.05) is 24.4 Å². The maximum atomic E-state index is 12.7. The van der Waals surface area contributed by atoms with Crippen molar-refractivity contribution in [3.05, 3.63) is 52.6 Å². The van der Waals surface area contributed by atoms with E-state index in [9.17, 15) is 4.79 Å². The highest BCUT2D eigenvalue weighted by atomic mass is 16.1. The van der Waals surface area contributed by atoms with Crippen LogP contribution in [-0.2, 0) is 6.54 Å². The number of fused-ring (bicyclic) bond motifs is 1. The van der Waals surface area contributed by atoms with Crippen molar-refractivity contribution in [2.45, 2.75) is 44.3 Å². The molecule has 1 aromatic heterocycles. The van der Waals surface area contributed by atoms with E-state index in [1.54, 1.807) is 4.57 Å². The van der Waals surface area contributed by atoms with Crippen LogP contribution in [0.1, 0.15) is 31.2 Å². The number of anilines is 1. The summed E-state index contributed by atoms with van der Waals surface area (Å²) in [4.78, 5) is 21.8. The lowest BCUT2D eigenvalue weighted by Crippen LogP contribution is -2.39. The Labute approximate surface area is 177 Å². The predicted molar refractivity (Wildman–Crippen MR) is 119 cm³/mol. The number of hydrogen-bond donors (Lipinski definition) is 2. The Bertz CT molecular complexity index is 919. The van der Waals surface area contributed by atoms with Crippen LogP contribution in [-0.4, -0.2) is 52.7 Å². The third-order valence-electron chi connectivity index (χ3n) is 7.15. The molecule has 1 aromatic carbocycles. The van der Waals surface area contributed by atoms with Crippen molar-refractivity contribution in [2.75, 3.05) is 31.1 Å². The zero-order valence-corrected chi connectivity index (χ0v) is 17.5. The number of benzene rings is 1. The second-order valence-electron chi connectivity index (χ2n) is 9.37. The number of nitrogens with two attached hydrogens (primary N) is 2. The van der Waals surface area contributed by atoms with Crippen LogP contribution in [0.2, 0.25) is 0 Å². The molecule has 1 aliphatic carbocycles. The molecule has 2 saturated heterocycles. The number of likely N-dealkylation sites (tertiary alicyclic amines) is 1. The van der Waals surface area contributed by atoms with Gasteiger partial charge in [-0.25, -0.2) is 4.79 Å². The Morgan fingerprint density at radius 2 is 1.60 bits per heavy atom. The van der Waals surface area contributed by atoms with Gasteiger partial charge in [-0.15, -0.1) is 0 Å². The van der Waals surface area contributed by atoms with E-state index >= 15 is 0 Å². The van der Waals surface area contributed by atoms with Crippen molar-refractivity contribution in [3.8, 4) is 5.69 Å². The molecule has 3 heterocycles. The summed E-state index contributed by atoms with van der Waals surface area (Å²) in [5.74, 6) is 2.08. The fourth-order valence-corrected chi connectivity index (χ4v) is 5.43. The van der Waals surface area contributed by atoms with Crippen LogP contribution in [0.15, 0.2) is 41.3 Å². The van der Waals surface area contributed by atoms with Gasteiger partial charge in [0, 0.05) is 37.9 Å². The van der Waals surface area contributed by atoms with Crippen LogP contribution >= 0.6 is 0 Å². The van der Waals surface area contributed by atoms with Crippen LogP contribution < -0.4 is 22.1 Å². The molecule has 1 saturated carbocycles.